The molecule has 1 aliphatic rings. The molecule has 0 radical (unpaired) electrons. The molecule has 0 spiro atoms. The summed E-state index contributed by atoms with van der Waals surface area (Å²) in [6.07, 6.45) is 0.499. The Hall–Kier alpha value is -1.69. The number of carboxylic acids is 1. The van der Waals surface area contributed by atoms with Crippen LogP contribution in [-0.2, 0) is 14.4 Å². The van der Waals surface area contributed by atoms with Crippen molar-refractivity contribution in [3.63, 3.8) is 0 Å². The van der Waals surface area contributed by atoms with Gasteiger partial charge in [0.15, 0.2) is 0 Å². The van der Waals surface area contributed by atoms with Crippen LogP contribution in [0.3, 0.4) is 0 Å². The number of carbonyl (C=O) groups excluding carboxylic acids is 2. The Morgan fingerprint density at radius 1 is 1.33 bits per heavy atom. The van der Waals surface area contributed by atoms with Crippen molar-refractivity contribution in [1.82, 2.24) is 4.90 Å². The van der Waals surface area contributed by atoms with E-state index in [1.165, 1.54) is 4.90 Å². The summed E-state index contributed by atoms with van der Waals surface area (Å²) in [5, 5.41) is 27.3. The van der Waals surface area contributed by atoms with Crippen LogP contribution in [-0.4, -0.2) is 69.6 Å². The molecular formula is C13H25BN4O6. The zero-order valence-corrected chi connectivity index (χ0v) is 13.4. The Morgan fingerprint density at radius 2 is 1.96 bits per heavy atom. The first kappa shape index (κ1) is 20.4. The third-order valence-electron chi connectivity index (χ3n) is 4.19. The standard InChI is InChI=1S/C13H25BN4O6/c15-9(1-2-10(16)19)11(20)18-6-8(3-4-14(23)24)5-13(17,7-18)12(21)22/h8-9,23-24H,1-7,15,17H2,(H2,16,19)(H,21,22)/t8-,9?,13+/m0/s1. The summed E-state index contributed by atoms with van der Waals surface area (Å²) in [6, 6.07) is -0.974. The second-order valence-electron chi connectivity index (χ2n) is 6.42. The lowest BCUT2D eigenvalue weighted by Crippen LogP contribution is -2.64. The van der Waals surface area contributed by atoms with Gasteiger partial charge in [0, 0.05) is 19.5 Å². The van der Waals surface area contributed by atoms with Crippen molar-refractivity contribution in [3.05, 3.63) is 0 Å². The zero-order chi connectivity index (χ0) is 18.5. The maximum Gasteiger partial charge on any atom is 0.451 e. The minimum Gasteiger partial charge on any atom is -0.480 e. The van der Waals surface area contributed by atoms with Crippen LogP contribution in [0.2, 0.25) is 6.32 Å². The zero-order valence-electron chi connectivity index (χ0n) is 13.4. The molecule has 0 bridgehead atoms. The fourth-order valence-corrected chi connectivity index (χ4v) is 2.92. The average molecular weight is 344 g/mol. The number of aliphatic carboxylic acids is 1. The van der Waals surface area contributed by atoms with Gasteiger partial charge in [-0.1, -0.05) is 6.42 Å². The smallest absolute Gasteiger partial charge is 0.451 e. The molecule has 0 aromatic heterocycles. The Balaban J connectivity index is 2.81. The number of amides is 2. The fraction of sp³-hybridized carbons (Fsp3) is 0.769. The lowest BCUT2D eigenvalue weighted by atomic mass is 9.75. The van der Waals surface area contributed by atoms with Crippen molar-refractivity contribution in [1.29, 1.82) is 0 Å². The third kappa shape index (κ3) is 5.75. The first-order valence-corrected chi connectivity index (χ1v) is 7.76. The van der Waals surface area contributed by atoms with E-state index in [1.807, 2.05) is 0 Å². The number of piperidine rings is 1. The van der Waals surface area contributed by atoms with Crippen LogP contribution in [0.1, 0.15) is 25.7 Å². The van der Waals surface area contributed by atoms with E-state index in [2.05, 4.69) is 0 Å². The molecule has 0 aliphatic carbocycles. The summed E-state index contributed by atoms with van der Waals surface area (Å²) in [5.41, 5.74) is 15.1. The number of carbonyl (C=O) groups is 3. The molecule has 1 saturated heterocycles. The molecule has 1 unspecified atom stereocenters. The number of rotatable bonds is 8. The molecule has 0 aromatic carbocycles. The number of primary amides is 1. The minimum atomic E-state index is -1.62. The number of nitrogens with zero attached hydrogens (tertiary/aromatic N) is 1. The van der Waals surface area contributed by atoms with E-state index in [-0.39, 0.29) is 44.6 Å². The topological polar surface area (TPSA) is 193 Å². The normalized spacial score (nSPS) is 25.2. The van der Waals surface area contributed by atoms with E-state index in [4.69, 9.17) is 27.2 Å². The molecule has 1 fully saturated rings. The van der Waals surface area contributed by atoms with Gasteiger partial charge in [-0.2, -0.15) is 0 Å². The van der Waals surface area contributed by atoms with Gasteiger partial charge >= 0.3 is 13.1 Å². The van der Waals surface area contributed by atoms with Gasteiger partial charge in [-0.15, -0.1) is 0 Å². The van der Waals surface area contributed by atoms with Gasteiger partial charge in [0.05, 0.1) is 6.04 Å². The summed E-state index contributed by atoms with van der Waals surface area (Å²) in [6.45, 7) is 0.0334. The maximum absolute atomic E-state index is 12.4. The van der Waals surface area contributed by atoms with Gasteiger partial charge in [0.25, 0.3) is 0 Å². The summed E-state index contributed by atoms with van der Waals surface area (Å²) in [4.78, 5) is 35.9. The molecule has 1 aliphatic heterocycles. The second kappa shape index (κ2) is 8.42. The number of hydrogen-bond acceptors (Lipinski definition) is 7. The second-order valence-corrected chi connectivity index (χ2v) is 6.42. The summed E-state index contributed by atoms with van der Waals surface area (Å²) in [7, 11) is -1.51. The van der Waals surface area contributed by atoms with E-state index in [0.717, 1.165) is 0 Å². The van der Waals surface area contributed by atoms with Crippen molar-refractivity contribution in [2.75, 3.05) is 13.1 Å². The van der Waals surface area contributed by atoms with E-state index in [0.29, 0.717) is 6.42 Å². The molecule has 9 N–H and O–H groups in total. The quantitative estimate of drug-likeness (QED) is 0.252. The van der Waals surface area contributed by atoms with Crippen LogP contribution in [0.25, 0.3) is 0 Å². The highest BCUT2D eigenvalue weighted by Gasteiger charge is 2.44. The van der Waals surface area contributed by atoms with Crippen LogP contribution in [0.15, 0.2) is 0 Å². The number of nitrogens with two attached hydrogens (primary N) is 3. The van der Waals surface area contributed by atoms with Gasteiger partial charge < -0.3 is 37.3 Å². The lowest BCUT2D eigenvalue weighted by molar-refractivity contribution is -0.149. The summed E-state index contributed by atoms with van der Waals surface area (Å²) < 4.78 is 0. The largest absolute Gasteiger partial charge is 0.480 e. The van der Waals surface area contributed by atoms with Crippen molar-refractivity contribution < 1.29 is 29.5 Å². The van der Waals surface area contributed by atoms with E-state index in [1.54, 1.807) is 0 Å². The Morgan fingerprint density at radius 3 is 2.46 bits per heavy atom. The van der Waals surface area contributed by atoms with Crippen LogP contribution < -0.4 is 17.2 Å². The highest BCUT2D eigenvalue weighted by molar-refractivity contribution is 6.40. The van der Waals surface area contributed by atoms with Crippen LogP contribution in [0.5, 0.6) is 0 Å². The number of carboxylic acid groups (broad SMARTS) is 1. The molecule has 3 atom stereocenters. The third-order valence-corrected chi connectivity index (χ3v) is 4.19. The molecule has 10 nitrogen and oxygen atoms in total. The molecule has 24 heavy (non-hydrogen) atoms. The van der Waals surface area contributed by atoms with Gasteiger partial charge in [0.2, 0.25) is 11.8 Å². The summed E-state index contributed by atoms with van der Waals surface area (Å²) >= 11 is 0. The number of likely N-dealkylation sites (tertiary alicyclic amines) is 1. The SMILES string of the molecule is NC(=O)CCC(N)C(=O)N1C[C@@H](CCB(O)O)C[C@](N)(C(=O)O)C1. The highest BCUT2D eigenvalue weighted by atomic mass is 16.4. The van der Waals surface area contributed by atoms with Crippen LogP contribution >= 0.6 is 0 Å². The molecule has 0 aromatic rings. The van der Waals surface area contributed by atoms with E-state index < -0.39 is 36.5 Å². The lowest BCUT2D eigenvalue weighted by Gasteiger charge is -2.42. The van der Waals surface area contributed by atoms with Gasteiger partial charge in [-0.3, -0.25) is 14.4 Å². The molecule has 1 heterocycles. The average Bonchev–Trinajstić information content (AvgIpc) is 2.49. The van der Waals surface area contributed by atoms with Gasteiger partial charge in [-0.05, 0) is 25.1 Å². The van der Waals surface area contributed by atoms with Crippen LogP contribution in [0.4, 0.5) is 0 Å². The Bertz CT molecular complexity index is 491. The molecular weight excluding hydrogens is 319 g/mol. The fourth-order valence-electron chi connectivity index (χ4n) is 2.92. The molecule has 136 valence electrons. The Kier molecular flexibility index (Phi) is 7.15. The van der Waals surface area contributed by atoms with E-state index in [9.17, 15) is 19.5 Å². The van der Waals surface area contributed by atoms with Crippen molar-refractivity contribution >= 4 is 24.9 Å². The number of hydrogen-bond donors (Lipinski definition) is 6. The van der Waals surface area contributed by atoms with Crippen molar-refractivity contribution in [2.45, 2.75) is 43.6 Å². The minimum absolute atomic E-state index is 0.0480. The monoisotopic (exact) mass is 344 g/mol. The molecule has 11 heteroatoms. The van der Waals surface area contributed by atoms with Crippen molar-refractivity contribution in [2.24, 2.45) is 23.1 Å². The molecule has 2 amide bonds. The first-order chi connectivity index (χ1) is 11.0. The molecule has 1 rings (SSSR count). The van der Waals surface area contributed by atoms with E-state index >= 15 is 0 Å². The first-order valence-electron chi connectivity index (χ1n) is 7.76. The summed E-state index contributed by atoms with van der Waals surface area (Å²) in [5.74, 6) is -2.61. The van der Waals surface area contributed by atoms with Gasteiger partial charge in [-0.25, -0.2) is 0 Å². The predicted octanol–water partition coefficient (Wildman–Crippen LogP) is -2.93. The van der Waals surface area contributed by atoms with Crippen LogP contribution in [0, 0.1) is 5.92 Å². The highest BCUT2D eigenvalue weighted by Crippen LogP contribution is 2.28. The Labute approximate surface area is 140 Å². The maximum atomic E-state index is 12.4. The van der Waals surface area contributed by atoms with Crippen molar-refractivity contribution in [3.8, 4) is 0 Å². The van der Waals surface area contributed by atoms with Gasteiger partial charge in [0.1, 0.15) is 5.54 Å². The predicted molar refractivity (Wildman–Crippen MR) is 85.3 cm³/mol. The molecule has 0 saturated carbocycles.